The molecule has 1 amide bonds. The molecule has 0 N–H and O–H groups in total. The number of hydrogen-bond donors (Lipinski definition) is 0. The molecule has 2 heterocycles. The van der Waals surface area contributed by atoms with Crippen LogP contribution in [0.5, 0.6) is 11.5 Å². The van der Waals surface area contributed by atoms with Crippen LogP contribution in [0.3, 0.4) is 0 Å². The zero-order chi connectivity index (χ0) is 15.6. The monoisotopic (exact) mass is 309 g/mol. The van der Waals surface area contributed by atoms with E-state index in [0.29, 0.717) is 12.8 Å². The van der Waals surface area contributed by atoms with E-state index in [2.05, 4.69) is 18.2 Å². The molecule has 0 unspecified atom stereocenters. The van der Waals surface area contributed by atoms with Crippen LogP contribution in [0.2, 0.25) is 0 Å². The number of fused-ring (bicyclic) bond motifs is 2. The summed E-state index contributed by atoms with van der Waals surface area (Å²) < 4.78 is 10.9. The van der Waals surface area contributed by atoms with Gasteiger partial charge in [-0.05, 0) is 35.6 Å². The summed E-state index contributed by atoms with van der Waals surface area (Å²) in [4.78, 5) is 14.5. The number of amides is 1. The second-order valence-electron chi connectivity index (χ2n) is 5.98. The number of carbonyl (C=O) groups is 1. The first-order chi connectivity index (χ1) is 11.3. The van der Waals surface area contributed by atoms with Crippen LogP contribution < -0.4 is 9.47 Å². The first-order valence-electron chi connectivity index (χ1n) is 8.03. The van der Waals surface area contributed by atoms with E-state index in [4.69, 9.17) is 9.47 Å². The molecule has 4 nitrogen and oxygen atoms in total. The predicted molar refractivity (Wildman–Crippen MR) is 86.4 cm³/mol. The Hall–Kier alpha value is -2.49. The minimum absolute atomic E-state index is 0.205. The van der Waals surface area contributed by atoms with Crippen LogP contribution >= 0.6 is 0 Å². The molecule has 0 fully saturated rings. The van der Waals surface area contributed by atoms with Crippen molar-refractivity contribution in [2.75, 3.05) is 13.3 Å². The smallest absolute Gasteiger partial charge is 0.231 e. The first kappa shape index (κ1) is 14.1. The van der Waals surface area contributed by atoms with Gasteiger partial charge in [0, 0.05) is 19.5 Å². The van der Waals surface area contributed by atoms with Crippen molar-refractivity contribution in [3.63, 3.8) is 0 Å². The highest BCUT2D eigenvalue weighted by atomic mass is 16.7. The quantitative estimate of drug-likeness (QED) is 0.875. The van der Waals surface area contributed by atoms with Gasteiger partial charge < -0.3 is 14.4 Å². The highest BCUT2D eigenvalue weighted by molar-refractivity contribution is 5.77. The van der Waals surface area contributed by atoms with Gasteiger partial charge in [0.25, 0.3) is 0 Å². The van der Waals surface area contributed by atoms with E-state index in [-0.39, 0.29) is 12.7 Å². The Morgan fingerprint density at radius 3 is 2.83 bits per heavy atom. The summed E-state index contributed by atoms with van der Waals surface area (Å²) >= 11 is 0. The second-order valence-corrected chi connectivity index (χ2v) is 5.98. The molecule has 2 aromatic rings. The number of carbonyl (C=O) groups excluding carboxylic acids is 1. The van der Waals surface area contributed by atoms with Crippen LogP contribution in [0.25, 0.3) is 0 Å². The lowest BCUT2D eigenvalue weighted by Crippen LogP contribution is -2.36. The fourth-order valence-corrected chi connectivity index (χ4v) is 3.30. The van der Waals surface area contributed by atoms with E-state index >= 15 is 0 Å². The van der Waals surface area contributed by atoms with Crippen molar-refractivity contribution < 1.29 is 14.3 Å². The molecule has 118 valence electrons. The average Bonchev–Trinajstić information content (AvgIpc) is 3.08. The minimum Gasteiger partial charge on any atom is -0.454 e. The van der Waals surface area contributed by atoms with Crippen molar-refractivity contribution in [2.24, 2.45) is 0 Å². The van der Waals surface area contributed by atoms with E-state index < -0.39 is 0 Å². The van der Waals surface area contributed by atoms with E-state index in [1.165, 1.54) is 11.1 Å². The number of benzene rings is 2. The summed E-state index contributed by atoms with van der Waals surface area (Å²) in [5, 5.41) is 0. The third-order valence-corrected chi connectivity index (χ3v) is 4.57. The van der Waals surface area contributed by atoms with Gasteiger partial charge in [-0.2, -0.15) is 0 Å². The fraction of sp³-hybridized carbons (Fsp3) is 0.316. The van der Waals surface area contributed by atoms with Gasteiger partial charge >= 0.3 is 0 Å². The molecule has 0 aromatic heterocycles. The van der Waals surface area contributed by atoms with Crippen LogP contribution in [-0.2, 0) is 24.2 Å². The Morgan fingerprint density at radius 2 is 1.91 bits per heavy atom. The molecular weight excluding hydrogens is 290 g/mol. The molecule has 0 saturated heterocycles. The van der Waals surface area contributed by atoms with Gasteiger partial charge in [0.2, 0.25) is 12.7 Å². The molecule has 0 radical (unpaired) electrons. The molecule has 0 atom stereocenters. The van der Waals surface area contributed by atoms with Crippen molar-refractivity contribution in [1.29, 1.82) is 0 Å². The van der Waals surface area contributed by atoms with Gasteiger partial charge in [0.15, 0.2) is 11.5 Å². The second kappa shape index (κ2) is 5.95. The van der Waals surface area contributed by atoms with Gasteiger partial charge in [-0.1, -0.05) is 36.4 Å². The molecule has 2 aliphatic rings. The van der Waals surface area contributed by atoms with Crippen LogP contribution in [0, 0.1) is 0 Å². The topological polar surface area (TPSA) is 38.8 Å². The largest absolute Gasteiger partial charge is 0.454 e. The van der Waals surface area contributed by atoms with Crippen molar-refractivity contribution in [2.45, 2.75) is 25.8 Å². The van der Waals surface area contributed by atoms with Crippen molar-refractivity contribution in [1.82, 2.24) is 4.90 Å². The van der Waals surface area contributed by atoms with Crippen LogP contribution in [0.15, 0.2) is 42.5 Å². The van der Waals surface area contributed by atoms with Crippen LogP contribution in [0.1, 0.15) is 23.1 Å². The summed E-state index contributed by atoms with van der Waals surface area (Å²) in [6, 6.07) is 14.2. The van der Waals surface area contributed by atoms with Gasteiger partial charge in [0.05, 0.1) is 0 Å². The Bertz CT molecular complexity index is 741. The van der Waals surface area contributed by atoms with Crippen LogP contribution in [0.4, 0.5) is 0 Å². The van der Waals surface area contributed by atoms with Crippen molar-refractivity contribution in [3.05, 3.63) is 59.2 Å². The SMILES string of the molecule is O=C(CCc1cccc2c1OCO2)N1CCc2ccccc2C1. The Balaban J connectivity index is 1.41. The lowest BCUT2D eigenvalue weighted by atomic mass is 9.99. The molecule has 23 heavy (non-hydrogen) atoms. The molecule has 0 bridgehead atoms. The van der Waals surface area contributed by atoms with E-state index in [0.717, 1.165) is 36.6 Å². The lowest BCUT2D eigenvalue weighted by molar-refractivity contribution is -0.132. The Labute approximate surface area is 135 Å². The third-order valence-electron chi connectivity index (χ3n) is 4.57. The van der Waals surface area contributed by atoms with Gasteiger partial charge in [-0.3, -0.25) is 4.79 Å². The summed E-state index contributed by atoms with van der Waals surface area (Å²) in [5.74, 6) is 1.78. The lowest BCUT2D eigenvalue weighted by Gasteiger charge is -2.29. The zero-order valence-corrected chi connectivity index (χ0v) is 13.0. The van der Waals surface area contributed by atoms with E-state index in [1.807, 2.05) is 29.2 Å². The molecule has 4 heteroatoms. The number of rotatable bonds is 3. The first-order valence-corrected chi connectivity index (χ1v) is 8.03. The number of nitrogens with zero attached hydrogens (tertiary/aromatic N) is 1. The standard InChI is InChI=1S/C19H19NO3/c21-18(20-11-10-14-4-1-2-5-16(14)12-20)9-8-15-6-3-7-17-19(15)23-13-22-17/h1-7H,8-13H2. The van der Waals surface area contributed by atoms with Gasteiger partial charge in [0.1, 0.15) is 0 Å². The molecule has 0 aliphatic carbocycles. The molecule has 0 spiro atoms. The van der Waals surface area contributed by atoms with Gasteiger partial charge in [-0.15, -0.1) is 0 Å². The number of hydrogen-bond acceptors (Lipinski definition) is 3. The van der Waals surface area contributed by atoms with Crippen molar-refractivity contribution in [3.8, 4) is 11.5 Å². The van der Waals surface area contributed by atoms with E-state index in [1.54, 1.807) is 0 Å². The highest BCUT2D eigenvalue weighted by Gasteiger charge is 2.22. The third kappa shape index (κ3) is 2.77. The molecule has 2 aromatic carbocycles. The average molecular weight is 309 g/mol. The number of aryl methyl sites for hydroxylation is 1. The predicted octanol–water partition coefficient (Wildman–Crippen LogP) is 2.93. The number of para-hydroxylation sites is 1. The normalized spacial score (nSPS) is 15.4. The van der Waals surface area contributed by atoms with Gasteiger partial charge in [-0.25, -0.2) is 0 Å². The fourth-order valence-electron chi connectivity index (χ4n) is 3.30. The maximum atomic E-state index is 12.5. The maximum Gasteiger partial charge on any atom is 0.231 e. The summed E-state index contributed by atoms with van der Waals surface area (Å²) in [6.45, 7) is 1.80. The number of ether oxygens (including phenoxy) is 2. The summed E-state index contributed by atoms with van der Waals surface area (Å²) in [5.41, 5.74) is 3.68. The highest BCUT2D eigenvalue weighted by Crippen LogP contribution is 2.36. The van der Waals surface area contributed by atoms with Crippen molar-refractivity contribution >= 4 is 5.91 Å². The van der Waals surface area contributed by atoms with E-state index in [9.17, 15) is 4.79 Å². The zero-order valence-electron chi connectivity index (χ0n) is 13.0. The summed E-state index contributed by atoms with van der Waals surface area (Å²) in [7, 11) is 0. The molecule has 4 rings (SSSR count). The Morgan fingerprint density at radius 1 is 1.04 bits per heavy atom. The molecule has 0 saturated carbocycles. The summed E-state index contributed by atoms with van der Waals surface area (Å²) in [6.07, 6.45) is 2.13. The van der Waals surface area contributed by atoms with Crippen LogP contribution in [-0.4, -0.2) is 24.1 Å². The minimum atomic E-state index is 0.205. The Kier molecular flexibility index (Phi) is 3.66. The molecule has 2 aliphatic heterocycles. The maximum absolute atomic E-state index is 12.5. The molecular formula is C19H19NO3.